The average molecular weight is 343 g/mol. The molecule has 1 heterocycles. The van der Waals surface area contributed by atoms with Crippen molar-refractivity contribution in [1.29, 1.82) is 0 Å². The first-order chi connectivity index (χ1) is 12.7. The number of benzene rings is 3. The van der Waals surface area contributed by atoms with Crippen LogP contribution < -0.4 is 10.6 Å². The fraction of sp³-hybridized carbons (Fsp3) is 0.0476. The quantitative estimate of drug-likeness (QED) is 0.461. The molecule has 3 N–H and O–H groups in total. The summed E-state index contributed by atoms with van der Waals surface area (Å²) in [4.78, 5) is 15.8. The van der Waals surface area contributed by atoms with E-state index >= 15 is 0 Å². The molecule has 0 spiro atoms. The lowest BCUT2D eigenvalue weighted by atomic mass is 10.1. The molecule has 0 saturated carbocycles. The van der Waals surface area contributed by atoms with E-state index in [4.69, 9.17) is 10.1 Å². The average Bonchev–Trinajstić information content (AvgIpc) is 2.67. The van der Waals surface area contributed by atoms with Crippen LogP contribution in [0.5, 0.6) is 0 Å². The van der Waals surface area contributed by atoms with E-state index in [1.807, 2.05) is 49.5 Å². The zero-order valence-electron chi connectivity index (χ0n) is 14.2. The third kappa shape index (κ3) is 2.80. The summed E-state index contributed by atoms with van der Waals surface area (Å²) in [5, 5.41) is 17.7. The molecule has 26 heavy (non-hydrogen) atoms. The van der Waals surface area contributed by atoms with Crippen molar-refractivity contribution in [2.75, 3.05) is 17.7 Å². The fourth-order valence-corrected chi connectivity index (χ4v) is 3.02. The predicted octanol–water partition coefficient (Wildman–Crippen LogP) is 4.87. The number of aromatic carboxylic acids is 1. The minimum atomic E-state index is -0.934. The number of pyridine rings is 1. The molecule has 4 rings (SSSR count). The Morgan fingerprint density at radius 1 is 0.885 bits per heavy atom. The minimum absolute atomic E-state index is 0.263. The van der Waals surface area contributed by atoms with E-state index in [0.29, 0.717) is 0 Å². The first-order valence-corrected chi connectivity index (χ1v) is 8.26. The second-order valence-electron chi connectivity index (χ2n) is 5.99. The number of para-hydroxylation sites is 1. The van der Waals surface area contributed by atoms with Crippen molar-refractivity contribution in [3.63, 3.8) is 0 Å². The van der Waals surface area contributed by atoms with Crippen LogP contribution in [0.4, 0.5) is 17.1 Å². The van der Waals surface area contributed by atoms with Crippen molar-refractivity contribution in [2.45, 2.75) is 0 Å². The molecule has 0 fully saturated rings. The van der Waals surface area contributed by atoms with Gasteiger partial charge in [-0.05, 0) is 48.5 Å². The standard InChI is InChI=1S/C21H17N3O2/c1-22-15-10-11-17-19(12-15)24-18-5-3-2-4-16(18)20(17)23-14-8-6-13(7-9-14)21(25)26/h2-12,22H,1H3,(H,23,24)(H,25,26). The molecule has 0 unspecified atom stereocenters. The van der Waals surface area contributed by atoms with Crippen LogP contribution in [-0.4, -0.2) is 23.1 Å². The number of aromatic nitrogens is 1. The molecule has 5 nitrogen and oxygen atoms in total. The highest BCUT2D eigenvalue weighted by Crippen LogP contribution is 2.34. The molecule has 0 amide bonds. The van der Waals surface area contributed by atoms with Crippen molar-refractivity contribution in [1.82, 2.24) is 4.98 Å². The highest BCUT2D eigenvalue weighted by Gasteiger charge is 2.10. The van der Waals surface area contributed by atoms with Crippen molar-refractivity contribution < 1.29 is 9.90 Å². The summed E-state index contributed by atoms with van der Waals surface area (Å²) in [5.74, 6) is -0.934. The van der Waals surface area contributed by atoms with Crippen LogP contribution in [0, 0.1) is 0 Å². The topological polar surface area (TPSA) is 74.2 Å². The van der Waals surface area contributed by atoms with Gasteiger partial charge in [0.05, 0.1) is 22.3 Å². The second-order valence-corrected chi connectivity index (χ2v) is 5.99. The molecule has 0 aliphatic heterocycles. The van der Waals surface area contributed by atoms with Crippen LogP contribution in [0.2, 0.25) is 0 Å². The summed E-state index contributed by atoms with van der Waals surface area (Å²) < 4.78 is 0. The number of hydrogen-bond acceptors (Lipinski definition) is 4. The van der Waals surface area contributed by atoms with Gasteiger partial charge < -0.3 is 15.7 Å². The Balaban J connectivity index is 1.89. The maximum atomic E-state index is 11.0. The molecule has 4 aromatic rings. The third-order valence-corrected chi connectivity index (χ3v) is 4.37. The van der Waals surface area contributed by atoms with Crippen LogP contribution in [-0.2, 0) is 0 Å². The molecule has 0 aliphatic carbocycles. The third-order valence-electron chi connectivity index (χ3n) is 4.37. The van der Waals surface area contributed by atoms with E-state index < -0.39 is 5.97 Å². The number of nitrogens with zero attached hydrogens (tertiary/aromatic N) is 1. The Bertz CT molecular complexity index is 1120. The number of carboxylic acids is 1. The van der Waals surface area contributed by atoms with E-state index in [1.165, 1.54) is 0 Å². The van der Waals surface area contributed by atoms with Crippen LogP contribution in [0.25, 0.3) is 21.8 Å². The lowest BCUT2D eigenvalue weighted by Crippen LogP contribution is -1.98. The fourth-order valence-electron chi connectivity index (χ4n) is 3.02. The lowest BCUT2D eigenvalue weighted by Gasteiger charge is -2.14. The van der Waals surface area contributed by atoms with Gasteiger partial charge in [0, 0.05) is 29.2 Å². The molecule has 0 radical (unpaired) electrons. The summed E-state index contributed by atoms with van der Waals surface area (Å²) in [6.45, 7) is 0. The summed E-state index contributed by atoms with van der Waals surface area (Å²) >= 11 is 0. The molecule has 0 aliphatic rings. The largest absolute Gasteiger partial charge is 0.478 e. The van der Waals surface area contributed by atoms with Crippen LogP contribution >= 0.6 is 0 Å². The Kier molecular flexibility index (Phi) is 3.89. The second kappa shape index (κ2) is 6.37. The first-order valence-electron chi connectivity index (χ1n) is 8.26. The monoisotopic (exact) mass is 343 g/mol. The molecule has 0 saturated heterocycles. The van der Waals surface area contributed by atoms with E-state index in [0.717, 1.165) is 38.9 Å². The Morgan fingerprint density at radius 2 is 1.58 bits per heavy atom. The van der Waals surface area contributed by atoms with Gasteiger partial charge in [-0.2, -0.15) is 0 Å². The highest BCUT2D eigenvalue weighted by molar-refractivity contribution is 6.09. The normalized spacial score (nSPS) is 10.8. The number of hydrogen-bond donors (Lipinski definition) is 3. The Hall–Kier alpha value is -3.60. The minimum Gasteiger partial charge on any atom is -0.478 e. The van der Waals surface area contributed by atoms with Gasteiger partial charge in [0.15, 0.2) is 0 Å². The van der Waals surface area contributed by atoms with Gasteiger partial charge in [0.25, 0.3) is 0 Å². The van der Waals surface area contributed by atoms with Crippen LogP contribution in [0.3, 0.4) is 0 Å². The van der Waals surface area contributed by atoms with Gasteiger partial charge in [-0.15, -0.1) is 0 Å². The van der Waals surface area contributed by atoms with Crippen LogP contribution in [0.1, 0.15) is 10.4 Å². The van der Waals surface area contributed by atoms with E-state index in [-0.39, 0.29) is 5.56 Å². The first kappa shape index (κ1) is 15.9. The number of anilines is 3. The number of fused-ring (bicyclic) bond motifs is 2. The van der Waals surface area contributed by atoms with Crippen molar-refractivity contribution >= 4 is 44.8 Å². The molecule has 128 valence electrons. The van der Waals surface area contributed by atoms with E-state index in [2.05, 4.69) is 10.6 Å². The van der Waals surface area contributed by atoms with E-state index in [1.54, 1.807) is 24.3 Å². The van der Waals surface area contributed by atoms with Gasteiger partial charge in [-0.3, -0.25) is 0 Å². The van der Waals surface area contributed by atoms with Gasteiger partial charge in [-0.1, -0.05) is 18.2 Å². The maximum Gasteiger partial charge on any atom is 0.335 e. The van der Waals surface area contributed by atoms with Crippen LogP contribution in [0.15, 0.2) is 66.7 Å². The molecule has 0 bridgehead atoms. The van der Waals surface area contributed by atoms with Crippen molar-refractivity contribution in [2.24, 2.45) is 0 Å². The Morgan fingerprint density at radius 3 is 2.31 bits per heavy atom. The molecule has 1 aromatic heterocycles. The van der Waals surface area contributed by atoms with Gasteiger partial charge in [0.2, 0.25) is 0 Å². The van der Waals surface area contributed by atoms with Gasteiger partial charge >= 0.3 is 5.97 Å². The molecule has 5 heteroatoms. The number of nitrogens with one attached hydrogen (secondary N) is 2. The SMILES string of the molecule is CNc1ccc2c(Nc3ccc(C(=O)O)cc3)c3ccccc3nc2c1. The summed E-state index contributed by atoms with van der Waals surface area (Å²) in [7, 11) is 1.88. The molecule has 3 aromatic carbocycles. The smallest absolute Gasteiger partial charge is 0.335 e. The zero-order valence-corrected chi connectivity index (χ0v) is 14.2. The number of rotatable bonds is 4. The van der Waals surface area contributed by atoms with Crippen molar-refractivity contribution in [3.05, 3.63) is 72.3 Å². The van der Waals surface area contributed by atoms with Gasteiger partial charge in [0.1, 0.15) is 0 Å². The Labute approximate surface area is 150 Å². The summed E-state index contributed by atoms with van der Waals surface area (Å²) in [6, 6.07) is 20.8. The summed E-state index contributed by atoms with van der Waals surface area (Å²) in [6.07, 6.45) is 0. The predicted molar refractivity (Wildman–Crippen MR) is 105 cm³/mol. The van der Waals surface area contributed by atoms with E-state index in [9.17, 15) is 4.79 Å². The molecule has 0 atom stereocenters. The number of carboxylic acid groups (broad SMARTS) is 1. The number of carbonyl (C=O) groups is 1. The summed E-state index contributed by atoms with van der Waals surface area (Å²) in [5.41, 5.74) is 4.83. The highest BCUT2D eigenvalue weighted by atomic mass is 16.4. The maximum absolute atomic E-state index is 11.0. The lowest BCUT2D eigenvalue weighted by molar-refractivity contribution is 0.0697. The van der Waals surface area contributed by atoms with Crippen molar-refractivity contribution in [3.8, 4) is 0 Å². The molecular weight excluding hydrogens is 326 g/mol. The van der Waals surface area contributed by atoms with Gasteiger partial charge in [-0.25, -0.2) is 9.78 Å². The zero-order chi connectivity index (χ0) is 18.1. The molecular formula is C21H17N3O2.